The van der Waals surface area contributed by atoms with Crippen LogP contribution in [0.25, 0.3) is 0 Å². The van der Waals surface area contributed by atoms with Crippen LogP contribution in [0.3, 0.4) is 0 Å². The van der Waals surface area contributed by atoms with E-state index in [-0.39, 0.29) is 6.04 Å². The summed E-state index contributed by atoms with van der Waals surface area (Å²) in [4.78, 5) is 5.57. The fourth-order valence-electron chi connectivity index (χ4n) is 1.10. The SMILES string of the molecule is CCC(C)CSc1ccc(C(C)N)nc1. The highest BCUT2D eigenvalue weighted by atomic mass is 32.2. The van der Waals surface area contributed by atoms with Gasteiger partial charge in [0.1, 0.15) is 0 Å². The highest BCUT2D eigenvalue weighted by Crippen LogP contribution is 2.21. The fourth-order valence-corrected chi connectivity index (χ4v) is 2.11. The summed E-state index contributed by atoms with van der Waals surface area (Å²) in [5.41, 5.74) is 6.70. The Morgan fingerprint density at radius 1 is 1.40 bits per heavy atom. The van der Waals surface area contributed by atoms with Gasteiger partial charge in [-0.3, -0.25) is 4.98 Å². The Kier molecular flexibility index (Phi) is 5.12. The first kappa shape index (κ1) is 12.5. The van der Waals surface area contributed by atoms with Crippen molar-refractivity contribution in [2.75, 3.05) is 5.75 Å². The average molecular weight is 224 g/mol. The van der Waals surface area contributed by atoms with Crippen LogP contribution in [0.1, 0.15) is 38.9 Å². The lowest BCUT2D eigenvalue weighted by atomic mass is 10.2. The third-order valence-corrected chi connectivity index (χ3v) is 3.77. The second-order valence-electron chi connectivity index (χ2n) is 4.03. The molecule has 0 bridgehead atoms. The molecule has 0 radical (unpaired) electrons. The molecule has 0 saturated carbocycles. The smallest absolute Gasteiger partial charge is 0.0569 e. The number of hydrogen-bond acceptors (Lipinski definition) is 3. The molecule has 3 heteroatoms. The van der Waals surface area contributed by atoms with Crippen molar-refractivity contribution in [3.05, 3.63) is 24.0 Å². The predicted molar refractivity (Wildman–Crippen MR) is 67.0 cm³/mol. The first-order valence-corrected chi connectivity index (χ1v) is 6.46. The summed E-state index contributed by atoms with van der Waals surface area (Å²) in [6.45, 7) is 6.45. The number of aromatic nitrogens is 1. The largest absolute Gasteiger partial charge is 0.323 e. The van der Waals surface area contributed by atoms with E-state index < -0.39 is 0 Å². The number of rotatable bonds is 5. The van der Waals surface area contributed by atoms with Crippen LogP contribution in [0.5, 0.6) is 0 Å². The van der Waals surface area contributed by atoms with Crippen molar-refractivity contribution in [2.45, 2.75) is 38.1 Å². The van der Waals surface area contributed by atoms with Crippen molar-refractivity contribution in [2.24, 2.45) is 11.7 Å². The van der Waals surface area contributed by atoms with Crippen LogP contribution in [0.2, 0.25) is 0 Å². The molecule has 2 N–H and O–H groups in total. The molecular formula is C12H20N2S. The van der Waals surface area contributed by atoms with Crippen LogP contribution >= 0.6 is 11.8 Å². The van der Waals surface area contributed by atoms with E-state index in [0.717, 1.165) is 17.4 Å². The van der Waals surface area contributed by atoms with Crippen LogP contribution in [0.15, 0.2) is 23.2 Å². The molecule has 0 aromatic carbocycles. The Hall–Kier alpha value is -0.540. The zero-order valence-electron chi connectivity index (χ0n) is 9.73. The first-order chi connectivity index (χ1) is 7.13. The number of nitrogens with two attached hydrogens (primary N) is 1. The van der Waals surface area contributed by atoms with Gasteiger partial charge in [0.2, 0.25) is 0 Å². The normalized spacial score (nSPS) is 14.9. The van der Waals surface area contributed by atoms with E-state index >= 15 is 0 Å². The van der Waals surface area contributed by atoms with Crippen molar-refractivity contribution in [3.63, 3.8) is 0 Å². The third-order valence-electron chi connectivity index (χ3n) is 2.46. The Morgan fingerprint density at radius 2 is 2.13 bits per heavy atom. The molecule has 0 saturated heterocycles. The van der Waals surface area contributed by atoms with Gasteiger partial charge in [0, 0.05) is 22.9 Å². The number of nitrogens with zero attached hydrogens (tertiary/aromatic N) is 1. The van der Waals surface area contributed by atoms with Gasteiger partial charge >= 0.3 is 0 Å². The van der Waals surface area contributed by atoms with E-state index in [2.05, 4.69) is 24.9 Å². The lowest BCUT2D eigenvalue weighted by Gasteiger charge is -2.08. The molecule has 2 unspecified atom stereocenters. The quantitative estimate of drug-likeness (QED) is 0.780. The van der Waals surface area contributed by atoms with Crippen molar-refractivity contribution in [3.8, 4) is 0 Å². The summed E-state index contributed by atoms with van der Waals surface area (Å²) in [5.74, 6) is 1.93. The lowest BCUT2D eigenvalue weighted by molar-refractivity contribution is 0.637. The second-order valence-corrected chi connectivity index (χ2v) is 5.13. The van der Waals surface area contributed by atoms with Gasteiger partial charge in [-0.1, -0.05) is 20.3 Å². The van der Waals surface area contributed by atoms with Crippen molar-refractivity contribution < 1.29 is 0 Å². The standard InChI is InChI=1S/C12H20N2S/c1-4-9(2)8-15-11-5-6-12(10(3)13)14-7-11/h5-7,9-10H,4,8,13H2,1-3H3. The van der Waals surface area contributed by atoms with Crippen LogP contribution in [-0.4, -0.2) is 10.7 Å². The van der Waals surface area contributed by atoms with Gasteiger partial charge in [0.15, 0.2) is 0 Å². The number of pyridine rings is 1. The average Bonchev–Trinajstić information content (AvgIpc) is 2.26. The predicted octanol–water partition coefficient (Wildman–Crippen LogP) is 3.24. The molecule has 84 valence electrons. The third kappa shape index (κ3) is 4.22. The minimum Gasteiger partial charge on any atom is -0.323 e. The summed E-state index contributed by atoms with van der Waals surface area (Å²) in [6, 6.07) is 4.15. The Labute approximate surface area is 96.7 Å². The summed E-state index contributed by atoms with van der Waals surface area (Å²) < 4.78 is 0. The maximum atomic E-state index is 5.74. The highest BCUT2D eigenvalue weighted by molar-refractivity contribution is 7.99. The molecule has 2 atom stereocenters. The van der Waals surface area contributed by atoms with E-state index in [0.29, 0.717) is 0 Å². The van der Waals surface area contributed by atoms with Crippen molar-refractivity contribution in [1.29, 1.82) is 0 Å². The van der Waals surface area contributed by atoms with Gasteiger partial charge in [-0.05, 0) is 25.0 Å². The highest BCUT2D eigenvalue weighted by Gasteiger charge is 2.03. The van der Waals surface area contributed by atoms with Crippen LogP contribution < -0.4 is 5.73 Å². The second kappa shape index (κ2) is 6.13. The van der Waals surface area contributed by atoms with Crippen molar-refractivity contribution in [1.82, 2.24) is 4.98 Å². The fraction of sp³-hybridized carbons (Fsp3) is 0.583. The molecule has 15 heavy (non-hydrogen) atoms. The minimum atomic E-state index is 0.0265. The molecule has 2 nitrogen and oxygen atoms in total. The zero-order valence-corrected chi connectivity index (χ0v) is 10.6. The maximum absolute atomic E-state index is 5.74. The van der Waals surface area contributed by atoms with E-state index in [1.165, 1.54) is 11.3 Å². The van der Waals surface area contributed by atoms with Gasteiger partial charge < -0.3 is 5.73 Å². The monoisotopic (exact) mass is 224 g/mol. The molecule has 0 aliphatic carbocycles. The molecule has 0 aliphatic rings. The molecule has 1 aromatic heterocycles. The molecule has 0 spiro atoms. The Bertz CT molecular complexity index is 282. The molecular weight excluding hydrogens is 204 g/mol. The molecule has 1 aromatic rings. The lowest BCUT2D eigenvalue weighted by Crippen LogP contribution is -2.06. The molecule has 1 heterocycles. The zero-order chi connectivity index (χ0) is 11.3. The van der Waals surface area contributed by atoms with Gasteiger partial charge in [0.25, 0.3) is 0 Å². The maximum Gasteiger partial charge on any atom is 0.0569 e. The van der Waals surface area contributed by atoms with Crippen LogP contribution in [-0.2, 0) is 0 Å². The number of thioether (sulfide) groups is 1. The minimum absolute atomic E-state index is 0.0265. The summed E-state index contributed by atoms with van der Waals surface area (Å²) in [5, 5.41) is 0. The van der Waals surface area contributed by atoms with Crippen LogP contribution in [0.4, 0.5) is 0 Å². The Morgan fingerprint density at radius 3 is 2.60 bits per heavy atom. The van der Waals surface area contributed by atoms with E-state index in [9.17, 15) is 0 Å². The molecule has 0 fully saturated rings. The van der Waals surface area contributed by atoms with Crippen LogP contribution in [0, 0.1) is 5.92 Å². The summed E-state index contributed by atoms with van der Waals surface area (Å²) in [7, 11) is 0. The summed E-state index contributed by atoms with van der Waals surface area (Å²) >= 11 is 1.87. The number of hydrogen-bond donors (Lipinski definition) is 1. The first-order valence-electron chi connectivity index (χ1n) is 5.47. The molecule has 0 aliphatic heterocycles. The van der Waals surface area contributed by atoms with Crippen molar-refractivity contribution >= 4 is 11.8 Å². The van der Waals surface area contributed by atoms with Gasteiger partial charge in [-0.2, -0.15) is 0 Å². The van der Waals surface area contributed by atoms with Gasteiger partial charge in [-0.15, -0.1) is 11.8 Å². The van der Waals surface area contributed by atoms with Gasteiger partial charge in [0.05, 0.1) is 5.69 Å². The van der Waals surface area contributed by atoms with E-state index in [1.807, 2.05) is 30.9 Å². The van der Waals surface area contributed by atoms with Gasteiger partial charge in [-0.25, -0.2) is 0 Å². The van der Waals surface area contributed by atoms with E-state index in [1.54, 1.807) is 0 Å². The molecule has 1 rings (SSSR count). The van der Waals surface area contributed by atoms with E-state index in [4.69, 9.17) is 5.73 Å². The Balaban J connectivity index is 2.50. The summed E-state index contributed by atoms with van der Waals surface area (Å²) in [6.07, 6.45) is 3.16. The molecule has 0 amide bonds. The topological polar surface area (TPSA) is 38.9 Å².